The summed E-state index contributed by atoms with van der Waals surface area (Å²) >= 11 is 0. The van der Waals surface area contributed by atoms with Crippen LogP contribution in [0.15, 0.2) is 0 Å². The molecule has 0 radical (unpaired) electrons. The third-order valence-electron chi connectivity index (χ3n) is 7.67. The van der Waals surface area contributed by atoms with Crippen molar-refractivity contribution < 1.29 is 56.7 Å². The van der Waals surface area contributed by atoms with Crippen LogP contribution >= 0.6 is 7.60 Å². The summed E-state index contributed by atoms with van der Waals surface area (Å²) in [7, 11) is -0.578. The van der Waals surface area contributed by atoms with Crippen molar-refractivity contribution in [3.05, 3.63) is 0 Å². The van der Waals surface area contributed by atoms with Crippen molar-refractivity contribution in [3.8, 4) is 0 Å². The molecule has 228 valence electrons. The molecular weight excluding hydrogens is 539 g/mol. The first kappa shape index (κ1) is 36.0. The summed E-state index contributed by atoms with van der Waals surface area (Å²) in [5, 5.41) is 22.5. The maximum absolute atomic E-state index is 12.9. The van der Waals surface area contributed by atoms with E-state index < -0.39 is 64.2 Å². The van der Waals surface area contributed by atoms with Crippen molar-refractivity contribution in [2.24, 2.45) is 0 Å². The lowest BCUT2D eigenvalue weighted by Crippen LogP contribution is -2.70. The number of aliphatic hydroxyl groups excluding tert-OH is 2. The Morgan fingerprint density at radius 3 is 1.89 bits per heavy atom. The fourth-order valence-corrected chi connectivity index (χ4v) is 5.82. The van der Waals surface area contributed by atoms with Gasteiger partial charge in [0, 0.05) is 35.0 Å². The Balaban J connectivity index is 3.48. The second-order valence-electron chi connectivity index (χ2n) is 11.1. The van der Waals surface area contributed by atoms with Gasteiger partial charge in [-0.05, 0) is 38.9 Å². The minimum absolute atomic E-state index is 0.0621. The van der Waals surface area contributed by atoms with Gasteiger partial charge in [-0.15, -0.1) is 0 Å². The SMILES string of the molecule is CCOCO[C@H](C(O)CP(=O)(OC)OC)[C@H]1O[C@](C)(OC)[C@@](C)(OC)O[C@@H]1[C@H](O)CO[Si](C)(C)C(C)(C)C. The Hall–Kier alpha value is 0.00688. The Labute approximate surface area is 229 Å². The van der Waals surface area contributed by atoms with Crippen LogP contribution < -0.4 is 0 Å². The molecule has 0 aromatic rings. The molecule has 1 saturated heterocycles. The van der Waals surface area contributed by atoms with Gasteiger partial charge in [-0.1, -0.05) is 20.8 Å². The highest BCUT2D eigenvalue weighted by Gasteiger charge is 2.60. The predicted molar refractivity (Wildman–Crippen MR) is 144 cm³/mol. The molecule has 1 unspecified atom stereocenters. The van der Waals surface area contributed by atoms with Gasteiger partial charge in [0.25, 0.3) is 0 Å². The van der Waals surface area contributed by atoms with Crippen LogP contribution in [0, 0.1) is 0 Å². The molecule has 38 heavy (non-hydrogen) atoms. The molecule has 0 saturated carbocycles. The van der Waals surface area contributed by atoms with Gasteiger partial charge in [-0.2, -0.15) is 0 Å². The molecule has 0 aliphatic carbocycles. The summed E-state index contributed by atoms with van der Waals surface area (Å²) in [5.41, 5.74) is 0. The molecule has 0 spiro atoms. The van der Waals surface area contributed by atoms with E-state index in [1.165, 1.54) is 28.4 Å². The highest BCUT2D eigenvalue weighted by molar-refractivity contribution is 7.53. The van der Waals surface area contributed by atoms with E-state index in [1.807, 2.05) is 0 Å². The Kier molecular flexibility index (Phi) is 13.5. The maximum atomic E-state index is 12.9. The number of rotatable bonds is 16. The molecule has 0 aromatic carbocycles. The molecule has 7 atom stereocenters. The number of aliphatic hydroxyl groups is 2. The molecule has 1 aliphatic heterocycles. The standard InChI is InChI=1S/C24H51O12PSi/c1-13-32-16-33-19(18(26)15-37(27,30-9)31-10)21-20(17(25)14-34-38(11,12)22(2,3)4)35-23(5,28-7)24(6,29-8)36-21/h17-21,25-26H,13-16H2,1-12H3/t17-,18?,19-,20-,21-,23+,24+/m1/s1. The fourth-order valence-electron chi connectivity index (χ4n) is 3.68. The Morgan fingerprint density at radius 1 is 0.974 bits per heavy atom. The highest BCUT2D eigenvalue weighted by Crippen LogP contribution is 2.48. The van der Waals surface area contributed by atoms with Crippen LogP contribution in [0.1, 0.15) is 41.5 Å². The minimum atomic E-state index is -3.65. The van der Waals surface area contributed by atoms with E-state index in [4.69, 9.17) is 41.9 Å². The molecule has 1 rings (SSSR count). The average molecular weight is 591 g/mol. The molecule has 0 amide bonds. The summed E-state index contributed by atoms with van der Waals surface area (Å²) in [6.07, 6.45) is -6.52. The third kappa shape index (κ3) is 8.51. The lowest BCUT2D eigenvalue weighted by molar-refractivity contribution is -0.463. The molecule has 14 heteroatoms. The highest BCUT2D eigenvalue weighted by atomic mass is 31.2. The van der Waals surface area contributed by atoms with Crippen LogP contribution in [0.5, 0.6) is 0 Å². The topological polar surface area (TPSA) is 141 Å². The summed E-state index contributed by atoms with van der Waals surface area (Å²) in [6, 6.07) is 0. The Bertz CT molecular complexity index is 757. The van der Waals surface area contributed by atoms with E-state index >= 15 is 0 Å². The van der Waals surface area contributed by atoms with Gasteiger partial charge in [0.1, 0.15) is 31.2 Å². The second-order valence-corrected chi connectivity index (χ2v) is 18.2. The van der Waals surface area contributed by atoms with E-state index in [0.717, 1.165) is 0 Å². The van der Waals surface area contributed by atoms with Gasteiger partial charge in [-0.25, -0.2) is 0 Å². The summed E-state index contributed by atoms with van der Waals surface area (Å²) in [4.78, 5) is 0. The van der Waals surface area contributed by atoms with E-state index in [-0.39, 0.29) is 18.4 Å². The van der Waals surface area contributed by atoms with Crippen LogP contribution in [0.4, 0.5) is 0 Å². The van der Waals surface area contributed by atoms with Crippen LogP contribution in [-0.2, 0) is 46.5 Å². The molecular formula is C24H51O12PSi. The zero-order chi connectivity index (χ0) is 29.6. The molecule has 1 fully saturated rings. The quantitative estimate of drug-likeness (QED) is 0.118. The van der Waals surface area contributed by atoms with Crippen molar-refractivity contribution in [2.45, 2.75) is 102 Å². The second kappa shape index (κ2) is 14.3. The van der Waals surface area contributed by atoms with Gasteiger partial charge in [0.2, 0.25) is 11.6 Å². The van der Waals surface area contributed by atoms with Crippen molar-refractivity contribution in [3.63, 3.8) is 0 Å². The van der Waals surface area contributed by atoms with Crippen LogP contribution in [0.25, 0.3) is 0 Å². The van der Waals surface area contributed by atoms with Crippen molar-refractivity contribution >= 4 is 15.9 Å². The summed E-state index contributed by atoms with van der Waals surface area (Å²) < 4.78 is 64.4. The number of hydrogen-bond acceptors (Lipinski definition) is 12. The van der Waals surface area contributed by atoms with Gasteiger partial charge in [0.15, 0.2) is 8.32 Å². The van der Waals surface area contributed by atoms with Crippen LogP contribution in [-0.4, -0.2) is 115 Å². The van der Waals surface area contributed by atoms with Gasteiger partial charge in [-0.3, -0.25) is 4.57 Å². The molecule has 0 aromatic heterocycles. The first-order valence-electron chi connectivity index (χ1n) is 12.8. The first-order chi connectivity index (χ1) is 17.4. The predicted octanol–water partition coefficient (Wildman–Crippen LogP) is 3.10. The van der Waals surface area contributed by atoms with E-state index in [0.29, 0.717) is 6.61 Å². The van der Waals surface area contributed by atoms with Gasteiger partial charge < -0.3 is 52.1 Å². The van der Waals surface area contributed by atoms with Crippen LogP contribution in [0.3, 0.4) is 0 Å². The molecule has 1 heterocycles. The average Bonchev–Trinajstić information content (AvgIpc) is 2.85. The number of hydrogen-bond donors (Lipinski definition) is 2. The van der Waals surface area contributed by atoms with E-state index in [9.17, 15) is 14.8 Å². The lowest BCUT2D eigenvalue weighted by Gasteiger charge is -2.54. The summed E-state index contributed by atoms with van der Waals surface area (Å²) in [5.74, 6) is -2.94. The number of methoxy groups -OCH3 is 2. The smallest absolute Gasteiger partial charge is 0.332 e. The molecule has 12 nitrogen and oxygen atoms in total. The van der Waals surface area contributed by atoms with Gasteiger partial charge in [0.05, 0.1) is 18.9 Å². The van der Waals surface area contributed by atoms with Crippen molar-refractivity contribution in [2.75, 3.05) is 54.6 Å². The largest absolute Gasteiger partial charge is 0.414 e. The first-order valence-corrected chi connectivity index (χ1v) is 17.4. The molecule has 2 N–H and O–H groups in total. The van der Waals surface area contributed by atoms with Gasteiger partial charge >= 0.3 is 7.60 Å². The fraction of sp³-hybridized carbons (Fsp3) is 1.00. The zero-order valence-corrected chi connectivity index (χ0v) is 27.0. The molecule has 0 bridgehead atoms. The van der Waals surface area contributed by atoms with Crippen molar-refractivity contribution in [1.29, 1.82) is 0 Å². The van der Waals surface area contributed by atoms with E-state index in [1.54, 1.807) is 20.8 Å². The monoisotopic (exact) mass is 590 g/mol. The minimum Gasteiger partial charge on any atom is -0.414 e. The third-order valence-corrected chi connectivity index (χ3v) is 14.1. The molecule has 1 aliphatic rings. The van der Waals surface area contributed by atoms with E-state index in [2.05, 4.69) is 33.9 Å². The van der Waals surface area contributed by atoms with Crippen LogP contribution in [0.2, 0.25) is 18.1 Å². The maximum Gasteiger partial charge on any atom is 0.332 e. The van der Waals surface area contributed by atoms with Crippen molar-refractivity contribution in [1.82, 2.24) is 0 Å². The summed E-state index contributed by atoms with van der Waals surface area (Å²) in [6.45, 7) is 15.5. The normalized spacial score (nSPS) is 29.7. The number of ether oxygens (including phenoxy) is 6. The Morgan fingerprint density at radius 2 is 1.47 bits per heavy atom. The zero-order valence-electron chi connectivity index (χ0n) is 25.1. The lowest BCUT2D eigenvalue weighted by atomic mass is 9.94.